The monoisotopic (exact) mass is 280 g/mol. The van der Waals surface area contributed by atoms with Gasteiger partial charge in [-0.15, -0.1) is 0 Å². The van der Waals surface area contributed by atoms with Crippen LogP contribution in [0.15, 0.2) is 0 Å². The summed E-state index contributed by atoms with van der Waals surface area (Å²) in [6.45, 7) is 4.09. The lowest BCUT2D eigenvalue weighted by molar-refractivity contribution is -0.152. The van der Waals surface area contributed by atoms with Gasteiger partial charge in [-0.2, -0.15) is 0 Å². The van der Waals surface area contributed by atoms with Crippen LogP contribution < -0.4 is 5.32 Å². The molecule has 112 valence electrons. The molecule has 4 amide bonds. The van der Waals surface area contributed by atoms with E-state index in [0.717, 1.165) is 6.42 Å². The second-order valence-electron chi connectivity index (χ2n) is 5.94. The molecule has 0 unspecified atom stereocenters. The fourth-order valence-corrected chi connectivity index (χ4v) is 3.42. The molecule has 1 heterocycles. The van der Waals surface area contributed by atoms with E-state index in [9.17, 15) is 14.4 Å². The normalized spacial score (nSPS) is 23.3. The van der Waals surface area contributed by atoms with Crippen molar-refractivity contribution in [2.45, 2.75) is 58.8 Å². The van der Waals surface area contributed by atoms with Gasteiger partial charge in [0.15, 0.2) is 0 Å². The van der Waals surface area contributed by atoms with Crippen molar-refractivity contribution in [3.63, 3.8) is 0 Å². The van der Waals surface area contributed by atoms with E-state index in [0.29, 0.717) is 25.3 Å². The smallest absolute Gasteiger partial charge is 0.277 e. The van der Waals surface area contributed by atoms with Crippen molar-refractivity contribution < 1.29 is 14.4 Å². The third-order valence-electron chi connectivity index (χ3n) is 5.00. The number of carbonyl (C=O) groups is 3. The minimum Gasteiger partial charge on any atom is -0.277 e. The molecular weight excluding hydrogens is 256 g/mol. The third kappa shape index (κ3) is 2.45. The van der Waals surface area contributed by atoms with Gasteiger partial charge in [-0.3, -0.25) is 19.8 Å². The summed E-state index contributed by atoms with van der Waals surface area (Å²) in [6.07, 6.45) is 6.60. The predicted octanol–water partition coefficient (Wildman–Crippen LogP) is 2.45. The van der Waals surface area contributed by atoms with Gasteiger partial charge in [-0.1, -0.05) is 39.5 Å². The van der Waals surface area contributed by atoms with Crippen LogP contribution in [0, 0.1) is 11.3 Å². The predicted molar refractivity (Wildman–Crippen MR) is 74.8 cm³/mol. The van der Waals surface area contributed by atoms with Gasteiger partial charge in [-0.05, 0) is 25.2 Å². The Balaban J connectivity index is 2.08. The summed E-state index contributed by atoms with van der Waals surface area (Å²) in [5.41, 5.74) is -1.05. The fraction of sp³-hybridized carbons (Fsp3) is 0.800. The molecule has 1 saturated carbocycles. The van der Waals surface area contributed by atoms with Gasteiger partial charge in [0.1, 0.15) is 5.41 Å². The largest absolute Gasteiger partial charge is 0.330 e. The number of urea groups is 1. The summed E-state index contributed by atoms with van der Waals surface area (Å²) < 4.78 is 0. The molecular formula is C15H24N2O3. The highest BCUT2D eigenvalue weighted by atomic mass is 16.2. The van der Waals surface area contributed by atoms with Gasteiger partial charge >= 0.3 is 6.03 Å². The SMILES string of the molecule is CCC1(CC)C(=O)NC(=O)N(CCC2CCCC2)C1=O. The fourth-order valence-electron chi connectivity index (χ4n) is 3.42. The lowest BCUT2D eigenvalue weighted by Gasteiger charge is -2.38. The molecule has 0 aromatic rings. The van der Waals surface area contributed by atoms with Crippen molar-refractivity contribution in [3.05, 3.63) is 0 Å². The summed E-state index contributed by atoms with van der Waals surface area (Å²) in [7, 11) is 0. The zero-order chi connectivity index (χ0) is 14.8. The number of carbonyl (C=O) groups excluding carboxylic acids is 3. The van der Waals surface area contributed by atoms with Crippen LogP contribution in [0.2, 0.25) is 0 Å². The Bertz CT molecular complexity index is 409. The van der Waals surface area contributed by atoms with Gasteiger partial charge < -0.3 is 0 Å². The van der Waals surface area contributed by atoms with Gasteiger partial charge in [0.05, 0.1) is 0 Å². The molecule has 0 spiro atoms. The molecule has 5 nitrogen and oxygen atoms in total. The van der Waals surface area contributed by atoms with E-state index in [-0.39, 0.29) is 5.91 Å². The van der Waals surface area contributed by atoms with E-state index < -0.39 is 17.4 Å². The number of rotatable bonds is 5. The van der Waals surface area contributed by atoms with Crippen molar-refractivity contribution in [3.8, 4) is 0 Å². The molecule has 5 heteroatoms. The molecule has 0 bridgehead atoms. The number of amides is 4. The van der Waals surface area contributed by atoms with Crippen molar-refractivity contribution in [2.75, 3.05) is 6.54 Å². The molecule has 0 aromatic heterocycles. The second-order valence-corrected chi connectivity index (χ2v) is 5.94. The molecule has 1 aliphatic carbocycles. The van der Waals surface area contributed by atoms with Crippen molar-refractivity contribution in [2.24, 2.45) is 11.3 Å². The quantitative estimate of drug-likeness (QED) is 0.787. The highest BCUT2D eigenvalue weighted by Crippen LogP contribution is 2.33. The molecule has 2 fully saturated rings. The Kier molecular flexibility index (Phi) is 4.45. The standard InChI is InChI=1S/C15H24N2O3/c1-3-15(4-2)12(18)16-14(20)17(13(15)19)10-9-11-7-5-6-8-11/h11H,3-10H2,1-2H3,(H,16,18,20). The van der Waals surface area contributed by atoms with Crippen LogP contribution in [0.5, 0.6) is 0 Å². The molecule has 2 rings (SSSR count). The summed E-state index contributed by atoms with van der Waals surface area (Å²) in [5, 5.41) is 2.36. The second kappa shape index (κ2) is 5.94. The van der Waals surface area contributed by atoms with Crippen molar-refractivity contribution in [1.29, 1.82) is 0 Å². The van der Waals surface area contributed by atoms with Crippen LogP contribution in [0.3, 0.4) is 0 Å². The maximum Gasteiger partial charge on any atom is 0.330 e. The van der Waals surface area contributed by atoms with E-state index in [1.54, 1.807) is 0 Å². The lowest BCUT2D eigenvalue weighted by Crippen LogP contribution is -2.63. The maximum absolute atomic E-state index is 12.6. The lowest BCUT2D eigenvalue weighted by atomic mass is 9.78. The van der Waals surface area contributed by atoms with Gasteiger partial charge in [-0.25, -0.2) is 4.79 Å². The Hall–Kier alpha value is -1.39. The van der Waals surface area contributed by atoms with Crippen LogP contribution in [0.4, 0.5) is 4.79 Å². The topological polar surface area (TPSA) is 66.5 Å². The number of hydrogen-bond donors (Lipinski definition) is 1. The van der Waals surface area contributed by atoms with E-state index in [1.165, 1.54) is 30.6 Å². The first-order chi connectivity index (χ1) is 9.55. The molecule has 2 aliphatic rings. The number of imide groups is 2. The molecule has 1 N–H and O–H groups in total. The van der Waals surface area contributed by atoms with Gasteiger partial charge in [0.2, 0.25) is 11.8 Å². The Labute approximate surface area is 120 Å². The molecule has 0 aromatic carbocycles. The zero-order valence-corrected chi connectivity index (χ0v) is 12.4. The minimum atomic E-state index is -1.05. The summed E-state index contributed by atoms with van der Waals surface area (Å²) in [5.74, 6) is -0.130. The first kappa shape index (κ1) is 15.0. The number of hydrogen-bond acceptors (Lipinski definition) is 3. The number of nitrogens with one attached hydrogen (secondary N) is 1. The summed E-state index contributed by atoms with van der Waals surface area (Å²) in [6, 6.07) is -0.546. The summed E-state index contributed by atoms with van der Waals surface area (Å²) >= 11 is 0. The van der Waals surface area contributed by atoms with Crippen LogP contribution >= 0.6 is 0 Å². The van der Waals surface area contributed by atoms with E-state index in [4.69, 9.17) is 0 Å². The van der Waals surface area contributed by atoms with Crippen molar-refractivity contribution in [1.82, 2.24) is 10.2 Å². The zero-order valence-electron chi connectivity index (χ0n) is 12.4. The molecule has 0 radical (unpaired) electrons. The van der Waals surface area contributed by atoms with Crippen molar-refractivity contribution >= 4 is 17.8 Å². The molecule has 0 atom stereocenters. The van der Waals surface area contributed by atoms with E-state index in [1.807, 2.05) is 13.8 Å². The van der Waals surface area contributed by atoms with Crippen LogP contribution in [0.25, 0.3) is 0 Å². The van der Waals surface area contributed by atoms with Crippen LogP contribution in [-0.2, 0) is 9.59 Å². The molecule has 1 aliphatic heterocycles. The highest BCUT2D eigenvalue weighted by molar-refractivity contribution is 6.19. The third-order valence-corrected chi connectivity index (χ3v) is 5.00. The maximum atomic E-state index is 12.6. The molecule has 20 heavy (non-hydrogen) atoms. The average molecular weight is 280 g/mol. The average Bonchev–Trinajstić information content (AvgIpc) is 2.93. The van der Waals surface area contributed by atoms with E-state index >= 15 is 0 Å². The van der Waals surface area contributed by atoms with Gasteiger partial charge in [0, 0.05) is 6.54 Å². The van der Waals surface area contributed by atoms with Crippen LogP contribution in [0.1, 0.15) is 58.8 Å². The first-order valence-electron chi connectivity index (χ1n) is 7.72. The van der Waals surface area contributed by atoms with Gasteiger partial charge in [0.25, 0.3) is 0 Å². The van der Waals surface area contributed by atoms with E-state index in [2.05, 4.69) is 5.32 Å². The first-order valence-corrected chi connectivity index (χ1v) is 7.72. The Morgan fingerprint density at radius 1 is 1.15 bits per heavy atom. The Morgan fingerprint density at radius 2 is 1.75 bits per heavy atom. The van der Waals surface area contributed by atoms with Crippen LogP contribution in [-0.4, -0.2) is 29.3 Å². The number of barbiturate groups is 1. The Morgan fingerprint density at radius 3 is 2.30 bits per heavy atom. The summed E-state index contributed by atoms with van der Waals surface area (Å²) in [4.78, 5) is 37.8. The minimum absolute atomic E-state index is 0.311. The number of nitrogens with zero attached hydrogens (tertiary/aromatic N) is 1. The molecule has 1 saturated heterocycles. The highest BCUT2D eigenvalue weighted by Gasteiger charge is 2.51.